The highest BCUT2D eigenvalue weighted by Crippen LogP contribution is 2.33. The fourth-order valence-electron chi connectivity index (χ4n) is 3.78. The van der Waals surface area contributed by atoms with Crippen LogP contribution in [0.25, 0.3) is 0 Å². The van der Waals surface area contributed by atoms with Gasteiger partial charge in [0, 0.05) is 17.3 Å². The van der Waals surface area contributed by atoms with Crippen molar-refractivity contribution in [1.82, 2.24) is 9.97 Å². The summed E-state index contributed by atoms with van der Waals surface area (Å²) < 4.78 is 0. The van der Waals surface area contributed by atoms with Gasteiger partial charge in [-0.15, -0.1) is 0 Å². The summed E-state index contributed by atoms with van der Waals surface area (Å²) in [6.45, 7) is 4.78. The van der Waals surface area contributed by atoms with Crippen LogP contribution in [0.15, 0.2) is 6.33 Å². The van der Waals surface area contributed by atoms with E-state index >= 15 is 0 Å². The Morgan fingerprint density at radius 1 is 1.00 bits per heavy atom. The summed E-state index contributed by atoms with van der Waals surface area (Å²) in [6.07, 6.45) is 11.9. The minimum atomic E-state index is 0.584. The summed E-state index contributed by atoms with van der Waals surface area (Å²) in [5.74, 6) is 2.68. The molecule has 3 heteroatoms. The van der Waals surface area contributed by atoms with Crippen molar-refractivity contribution in [3.8, 4) is 0 Å². The maximum atomic E-state index is 4.57. The van der Waals surface area contributed by atoms with E-state index in [-0.39, 0.29) is 0 Å². The van der Waals surface area contributed by atoms with E-state index in [4.69, 9.17) is 0 Å². The number of rotatable bonds is 2. The molecule has 3 nitrogen and oxygen atoms in total. The SMILES string of the molecule is CC1CCCC(Nc2ncnc3c2CCCCC3)C1C. The van der Waals surface area contributed by atoms with Gasteiger partial charge in [0.1, 0.15) is 12.1 Å². The highest BCUT2D eigenvalue weighted by Gasteiger charge is 2.28. The van der Waals surface area contributed by atoms with Gasteiger partial charge in [0.2, 0.25) is 0 Å². The van der Waals surface area contributed by atoms with E-state index in [1.165, 1.54) is 49.8 Å². The van der Waals surface area contributed by atoms with Crippen LogP contribution in [0.5, 0.6) is 0 Å². The van der Waals surface area contributed by atoms with Crippen LogP contribution in [-0.2, 0) is 12.8 Å². The zero-order chi connectivity index (χ0) is 13.9. The van der Waals surface area contributed by atoms with E-state index in [9.17, 15) is 0 Å². The topological polar surface area (TPSA) is 37.8 Å². The second-order valence-electron chi connectivity index (χ2n) is 6.73. The van der Waals surface area contributed by atoms with E-state index in [0.29, 0.717) is 6.04 Å². The van der Waals surface area contributed by atoms with Gasteiger partial charge in [0.15, 0.2) is 0 Å². The number of nitrogens with zero attached hydrogens (tertiary/aromatic N) is 2. The van der Waals surface area contributed by atoms with Crippen LogP contribution in [0.4, 0.5) is 5.82 Å². The molecule has 0 bridgehead atoms. The molecule has 1 saturated carbocycles. The molecule has 1 heterocycles. The molecule has 3 rings (SSSR count). The zero-order valence-electron chi connectivity index (χ0n) is 12.9. The fourth-order valence-corrected chi connectivity index (χ4v) is 3.78. The highest BCUT2D eigenvalue weighted by molar-refractivity contribution is 5.47. The van der Waals surface area contributed by atoms with E-state index in [1.807, 2.05) is 0 Å². The van der Waals surface area contributed by atoms with Gasteiger partial charge in [0.05, 0.1) is 0 Å². The van der Waals surface area contributed by atoms with Gasteiger partial charge in [-0.25, -0.2) is 9.97 Å². The second kappa shape index (κ2) is 6.11. The van der Waals surface area contributed by atoms with E-state index in [0.717, 1.165) is 30.5 Å². The van der Waals surface area contributed by atoms with Gasteiger partial charge in [-0.05, 0) is 43.9 Å². The molecule has 0 saturated heterocycles. The Labute approximate surface area is 122 Å². The van der Waals surface area contributed by atoms with Crippen molar-refractivity contribution in [3.05, 3.63) is 17.6 Å². The first-order valence-corrected chi connectivity index (χ1v) is 8.35. The predicted molar refractivity (Wildman–Crippen MR) is 82.9 cm³/mol. The average molecular weight is 273 g/mol. The third kappa shape index (κ3) is 2.82. The lowest BCUT2D eigenvalue weighted by Gasteiger charge is -2.35. The first-order valence-electron chi connectivity index (χ1n) is 8.35. The third-order valence-electron chi connectivity index (χ3n) is 5.40. The largest absolute Gasteiger partial charge is 0.367 e. The van der Waals surface area contributed by atoms with Gasteiger partial charge in [-0.1, -0.05) is 33.1 Å². The number of aryl methyl sites for hydroxylation is 1. The van der Waals surface area contributed by atoms with Crippen LogP contribution >= 0.6 is 0 Å². The van der Waals surface area contributed by atoms with Crippen LogP contribution in [0.1, 0.15) is 63.6 Å². The van der Waals surface area contributed by atoms with E-state index < -0.39 is 0 Å². The van der Waals surface area contributed by atoms with Crippen molar-refractivity contribution in [2.45, 2.75) is 71.3 Å². The molecule has 1 N–H and O–H groups in total. The Hall–Kier alpha value is -1.12. The Kier molecular flexibility index (Phi) is 4.23. The molecule has 2 aliphatic carbocycles. The maximum absolute atomic E-state index is 4.57. The van der Waals surface area contributed by atoms with Gasteiger partial charge >= 0.3 is 0 Å². The quantitative estimate of drug-likeness (QED) is 0.828. The smallest absolute Gasteiger partial charge is 0.133 e. The molecule has 0 aromatic carbocycles. The summed E-state index contributed by atoms with van der Waals surface area (Å²) in [5, 5.41) is 3.77. The number of hydrogen-bond acceptors (Lipinski definition) is 3. The number of fused-ring (bicyclic) bond motifs is 1. The van der Waals surface area contributed by atoms with Crippen LogP contribution in [-0.4, -0.2) is 16.0 Å². The zero-order valence-corrected chi connectivity index (χ0v) is 12.9. The van der Waals surface area contributed by atoms with Crippen molar-refractivity contribution >= 4 is 5.82 Å². The molecule has 0 spiro atoms. The van der Waals surface area contributed by atoms with Crippen LogP contribution in [0.3, 0.4) is 0 Å². The molecular weight excluding hydrogens is 246 g/mol. The molecule has 0 amide bonds. The summed E-state index contributed by atoms with van der Waals surface area (Å²) in [6, 6.07) is 0.584. The Morgan fingerprint density at radius 2 is 1.85 bits per heavy atom. The molecule has 3 unspecified atom stereocenters. The van der Waals surface area contributed by atoms with Crippen molar-refractivity contribution in [2.24, 2.45) is 11.8 Å². The van der Waals surface area contributed by atoms with Crippen LogP contribution in [0, 0.1) is 11.8 Å². The van der Waals surface area contributed by atoms with Crippen LogP contribution < -0.4 is 5.32 Å². The number of hydrogen-bond donors (Lipinski definition) is 1. The van der Waals surface area contributed by atoms with Crippen molar-refractivity contribution in [3.63, 3.8) is 0 Å². The van der Waals surface area contributed by atoms with Gasteiger partial charge < -0.3 is 5.32 Å². The molecule has 110 valence electrons. The first kappa shape index (κ1) is 13.8. The summed E-state index contributed by atoms with van der Waals surface area (Å²) in [7, 11) is 0. The molecule has 1 aromatic rings. The lowest BCUT2D eigenvalue weighted by Crippen LogP contribution is -2.35. The lowest BCUT2D eigenvalue weighted by atomic mass is 9.78. The molecule has 0 radical (unpaired) electrons. The van der Waals surface area contributed by atoms with Crippen molar-refractivity contribution < 1.29 is 0 Å². The number of nitrogens with one attached hydrogen (secondary N) is 1. The minimum Gasteiger partial charge on any atom is -0.367 e. The third-order valence-corrected chi connectivity index (χ3v) is 5.40. The van der Waals surface area contributed by atoms with E-state index in [2.05, 4.69) is 29.1 Å². The monoisotopic (exact) mass is 273 g/mol. The fraction of sp³-hybridized carbons (Fsp3) is 0.765. The summed E-state index contributed by atoms with van der Waals surface area (Å²) in [5.41, 5.74) is 2.69. The van der Waals surface area contributed by atoms with Crippen LogP contribution in [0.2, 0.25) is 0 Å². The summed E-state index contributed by atoms with van der Waals surface area (Å²) in [4.78, 5) is 9.08. The molecular formula is C17H27N3. The van der Waals surface area contributed by atoms with Gasteiger partial charge in [-0.2, -0.15) is 0 Å². The standard InChI is InChI=1S/C17H27N3/c1-12-7-6-10-15(13(12)2)20-17-14-8-4-3-5-9-16(14)18-11-19-17/h11-13,15H,3-10H2,1-2H3,(H,18,19,20). The number of anilines is 1. The Bertz CT molecular complexity index is 458. The predicted octanol–water partition coefficient (Wildman–Crippen LogP) is 3.98. The molecule has 0 aliphatic heterocycles. The molecule has 1 fully saturated rings. The van der Waals surface area contributed by atoms with Crippen molar-refractivity contribution in [2.75, 3.05) is 5.32 Å². The van der Waals surface area contributed by atoms with Crippen molar-refractivity contribution in [1.29, 1.82) is 0 Å². The molecule has 2 aliphatic rings. The van der Waals surface area contributed by atoms with Gasteiger partial charge in [0.25, 0.3) is 0 Å². The second-order valence-corrected chi connectivity index (χ2v) is 6.73. The molecule has 20 heavy (non-hydrogen) atoms. The number of aromatic nitrogens is 2. The summed E-state index contributed by atoms with van der Waals surface area (Å²) >= 11 is 0. The maximum Gasteiger partial charge on any atom is 0.133 e. The first-order chi connectivity index (χ1) is 9.75. The van der Waals surface area contributed by atoms with Gasteiger partial charge in [-0.3, -0.25) is 0 Å². The normalized spacial score (nSPS) is 30.4. The highest BCUT2D eigenvalue weighted by atomic mass is 15.0. The molecule has 3 atom stereocenters. The average Bonchev–Trinajstić information content (AvgIpc) is 2.70. The minimum absolute atomic E-state index is 0.584. The lowest BCUT2D eigenvalue weighted by molar-refractivity contribution is 0.252. The Morgan fingerprint density at radius 3 is 2.75 bits per heavy atom. The molecule has 1 aromatic heterocycles. The Balaban J connectivity index is 1.80. The van der Waals surface area contributed by atoms with E-state index in [1.54, 1.807) is 6.33 Å².